The summed E-state index contributed by atoms with van der Waals surface area (Å²) in [5, 5.41) is 11.0. The molecule has 0 aliphatic carbocycles. The first kappa shape index (κ1) is 16.3. The van der Waals surface area contributed by atoms with Crippen LogP contribution in [0, 0.1) is 17.0 Å². The van der Waals surface area contributed by atoms with Crippen molar-refractivity contribution in [1.29, 1.82) is 0 Å². The summed E-state index contributed by atoms with van der Waals surface area (Å²) in [5.74, 6) is 0.0335. The normalized spacial score (nSPS) is 21.5. The van der Waals surface area contributed by atoms with Crippen molar-refractivity contribution >= 4 is 11.6 Å². The molecule has 0 bridgehead atoms. The zero-order chi connectivity index (χ0) is 16.3. The van der Waals surface area contributed by atoms with Gasteiger partial charge in [-0.15, -0.1) is 0 Å². The molecular formula is C16H22N2O4. The molecule has 120 valence electrons. The van der Waals surface area contributed by atoms with E-state index in [-0.39, 0.29) is 36.0 Å². The Bertz CT molecular complexity index is 563. The number of carbonyl (C=O) groups excluding carboxylic acids is 1. The minimum Gasteiger partial charge on any atom is -0.477 e. The summed E-state index contributed by atoms with van der Waals surface area (Å²) in [6.45, 7) is 5.72. The second-order valence-corrected chi connectivity index (χ2v) is 5.95. The summed E-state index contributed by atoms with van der Waals surface area (Å²) in [6, 6.07) is 5.02. The maximum absolute atomic E-state index is 12.4. The predicted molar refractivity (Wildman–Crippen MR) is 82.9 cm³/mol. The summed E-state index contributed by atoms with van der Waals surface area (Å²) in [7, 11) is 0. The van der Waals surface area contributed by atoms with Gasteiger partial charge in [0, 0.05) is 18.2 Å². The summed E-state index contributed by atoms with van der Waals surface area (Å²) in [4.78, 5) is 24.7. The Kier molecular flexibility index (Phi) is 5.00. The number of nitro benzene ring substituents is 1. The first-order valence-corrected chi connectivity index (χ1v) is 7.59. The van der Waals surface area contributed by atoms with Gasteiger partial charge in [0.2, 0.25) is 0 Å². The van der Waals surface area contributed by atoms with E-state index < -0.39 is 4.92 Å². The zero-order valence-electron chi connectivity index (χ0n) is 13.2. The zero-order valence-corrected chi connectivity index (χ0v) is 13.2. The SMILES string of the molecule is Cc1ccc([N+](=O)[O-])c(OCC(=O)N2C(C)CCCC2C)c1. The maximum atomic E-state index is 12.4. The van der Waals surface area contributed by atoms with Gasteiger partial charge in [0.25, 0.3) is 5.91 Å². The maximum Gasteiger partial charge on any atom is 0.310 e. The van der Waals surface area contributed by atoms with Gasteiger partial charge in [0.05, 0.1) is 4.92 Å². The molecule has 2 rings (SSSR count). The molecule has 0 radical (unpaired) electrons. The monoisotopic (exact) mass is 306 g/mol. The highest BCUT2D eigenvalue weighted by Gasteiger charge is 2.29. The first-order valence-electron chi connectivity index (χ1n) is 7.59. The van der Waals surface area contributed by atoms with Crippen LogP contribution in [-0.2, 0) is 4.79 Å². The molecule has 1 aliphatic rings. The molecule has 1 fully saturated rings. The smallest absolute Gasteiger partial charge is 0.310 e. The van der Waals surface area contributed by atoms with E-state index in [0.717, 1.165) is 24.8 Å². The van der Waals surface area contributed by atoms with Crippen molar-refractivity contribution in [3.63, 3.8) is 0 Å². The number of ether oxygens (including phenoxy) is 1. The summed E-state index contributed by atoms with van der Waals surface area (Å²) in [5.41, 5.74) is 0.742. The number of hydrogen-bond acceptors (Lipinski definition) is 4. The van der Waals surface area contributed by atoms with Crippen molar-refractivity contribution in [1.82, 2.24) is 4.90 Å². The third kappa shape index (κ3) is 3.55. The second kappa shape index (κ2) is 6.77. The molecule has 1 aromatic rings. The Morgan fingerprint density at radius 2 is 2.00 bits per heavy atom. The lowest BCUT2D eigenvalue weighted by Crippen LogP contribution is -2.49. The van der Waals surface area contributed by atoms with Crippen LogP contribution >= 0.6 is 0 Å². The number of rotatable bonds is 4. The molecule has 2 unspecified atom stereocenters. The molecule has 6 nitrogen and oxygen atoms in total. The molecule has 0 spiro atoms. The van der Waals surface area contributed by atoms with E-state index in [9.17, 15) is 14.9 Å². The molecule has 0 aromatic heterocycles. The number of likely N-dealkylation sites (tertiary alicyclic amines) is 1. The molecule has 1 saturated heterocycles. The van der Waals surface area contributed by atoms with E-state index in [1.807, 2.05) is 25.7 Å². The fourth-order valence-electron chi connectivity index (χ4n) is 3.01. The number of piperidine rings is 1. The molecule has 22 heavy (non-hydrogen) atoms. The molecule has 6 heteroatoms. The van der Waals surface area contributed by atoms with E-state index in [2.05, 4.69) is 0 Å². The van der Waals surface area contributed by atoms with Crippen LogP contribution in [0.4, 0.5) is 5.69 Å². The highest BCUT2D eigenvalue weighted by Crippen LogP contribution is 2.28. The highest BCUT2D eigenvalue weighted by molar-refractivity contribution is 5.78. The van der Waals surface area contributed by atoms with Gasteiger partial charge in [-0.25, -0.2) is 0 Å². The molecule has 1 heterocycles. The number of benzene rings is 1. The Morgan fingerprint density at radius 1 is 1.36 bits per heavy atom. The molecule has 2 atom stereocenters. The van der Waals surface area contributed by atoms with Gasteiger partial charge < -0.3 is 9.64 Å². The number of nitrogens with zero attached hydrogens (tertiary/aromatic N) is 2. The van der Waals surface area contributed by atoms with Crippen molar-refractivity contribution in [2.45, 2.75) is 52.1 Å². The molecule has 0 N–H and O–H groups in total. The fraction of sp³-hybridized carbons (Fsp3) is 0.562. The number of hydrogen-bond donors (Lipinski definition) is 0. The van der Waals surface area contributed by atoms with Crippen LogP contribution in [0.2, 0.25) is 0 Å². The van der Waals surface area contributed by atoms with Crippen LogP contribution in [0.25, 0.3) is 0 Å². The summed E-state index contributed by atoms with van der Waals surface area (Å²) >= 11 is 0. The Labute approximate surface area is 130 Å². The van der Waals surface area contributed by atoms with Crippen LogP contribution in [0.5, 0.6) is 5.75 Å². The molecule has 1 aliphatic heterocycles. The van der Waals surface area contributed by atoms with E-state index >= 15 is 0 Å². The van der Waals surface area contributed by atoms with Crippen LogP contribution in [0.15, 0.2) is 18.2 Å². The largest absolute Gasteiger partial charge is 0.477 e. The summed E-state index contributed by atoms with van der Waals surface area (Å²) < 4.78 is 5.46. The lowest BCUT2D eigenvalue weighted by molar-refractivity contribution is -0.385. The average molecular weight is 306 g/mol. The predicted octanol–water partition coefficient (Wildman–Crippen LogP) is 3.07. The lowest BCUT2D eigenvalue weighted by atomic mass is 9.97. The second-order valence-electron chi connectivity index (χ2n) is 5.95. The highest BCUT2D eigenvalue weighted by atomic mass is 16.6. The van der Waals surface area contributed by atoms with Crippen molar-refractivity contribution < 1.29 is 14.5 Å². The number of aryl methyl sites for hydroxylation is 1. The van der Waals surface area contributed by atoms with Crippen LogP contribution in [0.3, 0.4) is 0 Å². The number of nitro groups is 1. The fourth-order valence-corrected chi connectivity index (χ4v) is 3.01. The average Bonchev–Trinajstić information content (AvgIpc) is 2.44. The van der Waals surface area contributed by atoms with E-state index in [1.54, 1.807) is 12.1 Å². The van der Waals surface area contributed by atoms with Crippen molar-refractivity contribution in [3.05, 3.63) is 33.9 Å². The van der Waals surface area contributed by atoms with Crippen LogP contribution in [-0.4, -0.2) is 34.4 Å². The van der Waals surface area contributed by atoms with Crippen molar-refractivity contribution in [2.24, 2.45) is 0 Å². The molecule has 1 amide bonds. The van der Waals surface area contributed by atoms with Gasteiger partial charge in [-0.05, 0) is 51.7 Å². The van der Waals surface area contributed by atoms with Crippen molar-refractivity contribution in [3.8, 4) is 5.75 Å². The Morgan fingerprint density at radius 3 is 2.59 bits per heavy atom. The standard InChI is InChI=1S/C16H22N2O4/c1-11-7-8-14(18(20)21)15(9-11)22-10-16(19)17-12(2)5-4-6-13(17)3/h7-9,12-13H,4-6,10H2,1-3H3. The minimum absolute atomic E-state index is 0.113. The molecule has 1 aromatic carbocycles. The minimum atomic E-state index is -0.495. The topological polar surface area (TPSA) is 72.7 Å². The third-order valence-corrected chi connectivity index (χ3v) is 4.14. The Hall–Kier alpha value is -2.11. The van der Waals surface area contributed by atoms with Gasteiger partial charge >= 0.3 is 5.69 Å². The molecular weight excluding hydrogens is 284 g/mol. The first-order chi connectivity index (χ1) is 10.4. The van der Waals surface area contributed by atoms with E-state index in [1.165, 1.54) is 6.07 Å². The van der Waals surface area contributed by atoms with Gasteiger partial charge in [0.15, 0.2) is 12.4 Å². The van der Waals surface area contributed by atoms with Gasteiger partial charge in [-0.2, -0.15) is 0 Å². The van der Waals surface area contributed by atoms with Gasteiger partial charge in [0.1, 0.15) is 0 Å². The number of amides is 1. The lowest BCUT2D eigenvalue weighted by Gasteiger charge is -2.38. The van der Waals surface area contributed by atoms with Gasteiger partial charge in [-0.3, -0.25) is 14.9 Å². The van der Waals surface area contributed by atoms with Crippen molar-refractivity contribution in [2.75, 3.05) is 6.61 Å². The quantitative estimate of drug-likeness (QED) is 0.633. The van der Waals surface area contributed by atoms with Crippen LogP contribution in [0.1, 0.15) is 38.7 Å². The Balaban J connectivity index is 2.08. The van der Waals surface area contributed by atoms with E-state index in [4.69, 9.17) is 4.74 Å². The van der Waals surface area contributed by atoms with E-state index in [0.29, 0.717) is 0 Å². The molecule has 0 saturated carbocycles. The van der Waals surface area contributed by atoms with Crippen LogP contribution < -0.4 is 4.74 Å². The van der Waals surface area contributed by atoms with Gasteiger partial charge in [-0.1, -0.05) is 6.07 Å². The number of carbonyl (C=O) groups is 1. The third-order valence-electron chi connectivity index (χ3n) is 4.14. The summed E-state index contributed by atoms with van der Waals surface area (Å²) in [6.07, 6.45) is 3.09.